The largest absolute Gasteiger partial charge is 0.354 e. The maximum atomic E-state index is 12.9. The molecular weight excluding hydrogens is 362 g/mol. The van der Waals surface area contributed by atoms with Gasteiger partial charge in [0, 0.05) is 17.8 Å². The topological polar surface area (TPSA) is 64.0 Å². The van der Waals surface area contributed by atoms with Crippen molar-refractivity contribution in [2.24, 2.45) is 0 Å². The molecular formula is C24H27N3O2. The van der Waals surface area contributed by atoms with Crippen LogP contribution < -0.4 is 10.9 Å². The Hall–Kier alpha value is -2.95. The Balaban J connectivity index is 1.52. The lowest BCUT2D eigenvalue weighted by atomic mass is 9.85. The highest BCUT2D eigenvalue weighted by Crippen LogP contribution is 2.34. The van der Waals surface area contributed by atoms with E-state index in [0.29, 0.717) is 17.8 Å². The zero-order valence-electron chi connectivity index (χ0n) is 16.6. The molecule has 1 N–H and O–H groups in total. The number of amides is 1. The molecule has 29 heavy (non-hydrogen) atoms. The second-order valence-electron chi connectivity index (χ2n) is 7.81. The molecule has 2 aromatic carbocycles. The Morgan fingerprint density at radius 3 is 2.41 bits per heavy atom. The summed E-state index contributed by atoms with van der Waals surface area (Å²) < 4.78 is 1.35. The fourth-order valence-electron chi connectivity index (χ4n) is 4.23. The van der Waals surface area contributed by atoms with Crippen molar-refractivity contribution in [2.75, 3.05) is 6.54 Å². The van der Waals surface area contributed by atoms with Gasteiger partial charge in [-0.3, -0.25) is 9.59 Å². The van der Waals surface area contributed by atoms with Gasteiger partial charge in [0.05, 0.1) is 11.1 Å². The number of fused-ring (bicyclic) bond motifs is 1. The number of hydrogen-bond acceptors (Lipinski definition) is 3. The van der Waals surface area contributed by atoms with E-state index in [1.54, 1.807) is 0 Å². The lowest BCUT2D eigenvalue weighted by Gasteiger charge is -2.23. The molecule has 3 aromatic rings. The number of rotatable bonds is 6. The zero-order chi connectivity index (χ0) is 20.1. The summed E-state index contributed by atoms with van der Waals surface area (Å²) in [4.78, 5) is 25.4. The predicted octanol–water partition coefficient (Wildman–Crippen LogP) is 3.80. The molecule has 1 fully saturated rings. The zero-order valence-corrected chi connectivity index (χ0v) is 16.6. The van der Waals surface area contributed by atoms with Crippen molar-refractivity contribution in [3.63, 3.8) is 0 Å². The van der Waals surface area contributed by atoms with Crippen LogP contribution in [0.4, 0.5) is 0 Å². The number of carbonyl (C=O) groups excluding carboxylic acids is 1. The molecule has 0 radical (unpaired) electrons. The van der Waals surface area contributed by atoms with Crippen LogP contribution in [0, 0.1) is 0 Å². The van der Waals surface area contributed by atoms with Crippen LogP contribution in [0.1, 0.15) is 49.3 Å². The van der Waals surface area contributed by atoms with E-state index in [1.807, 2.05) is 54.6 Å². The van der Waals surface area contributed by atoms with Crippen LogP contribution in [-0.2, 0) is 17.8 Å². The lowest BCUT2D eigenvalue weighted by molar-refractivity contribution is -0.121. The van der Waals surface area contributed by atoms with Gasteiger partial charge in [0.25, 0.3) is 5.56 Å². The third kappa shape index (κ3) is 4.56. The molecule has 0 bridgehead atoms. The molecule has 1 aliphatic carbocycles. The molecule has 1 saturated carbocycles. The molecule has 1 aliphatic rings. The summed E-state index contributed by atoms with van der Waals surface area (Å²) in [5, 5.41) is 9.18. The maximum absolute atomic E-state index is 12.9. The molecule has 5 heteroatoms. The van der Waals surface area contributed by atoms with Crippen molar-refractivity contribution in [2.45, 2.75) is 51.0 Å². The Kier molecular flexibility index (Phi) is 6.03. The van der Waals surface area contributed by atoms with Crippen molar-refractivity contribution in [3.8, 4) is 0 Å². The van der Waals surface area contributed by atoms with Crippen molar-refractivity contribution < 1.29 is 4.79 Å². The average Bonchev–Trinajstić information content (AvgIpc) is 2.77. The monoisotopic (exact) mass is 389 g/mol. The minimum absolute atomic E-state index is 0.0435. The van der Waals surface area contributed by atoms with Gasteiger partial charge in [-0.15, -0.1) is 0 Å². The lowest BCUT2D eigenvalue weighted by Crippen LogP contribution is -2.35. The average molecular weight is 389 g/mol. The molecule has 150 valence electrons. The normalized spacial score (nSPS) is 14.8. The molecule has 0 aliphatic heterocycles. The van der Waals surface area contributed by atoms with Gasteiger partial charge in [-0.2, -0.15) is 5.10 Å². The van der Waals surface area contributed by atoms with Gasteiger partial charge in [0.1, 0.15) is 6.54 Å². The fraction of sp³-hybridized carbons (Fsp3) is 0.375. The summed E-state index contributed by atoms with van der Waals surface area (Å²) in [6, 6.07) is 17.7. The van der Waals surface area contributed by atoms with Crippen LogP contribution in [0.2, 0.25) is 0 Å². The highest BCUT2D eigenvalue weighted by Gasteiger charge is 2.22. The van der Waals surface area contributed by atoms with E-state index in [9.17, 15) is 9.59 Å². The number of aromatic nitrogens is 2. The summed E-state index contributed by atoms with van der Waals surface area (Å²) in [6.07, 6.45) is 6.61. The van der Waals surface area contributed by atoms with Crippen LogP contribution in [0.3, 0.4) is 0 Å². The summed E-state index contributed by atoms with van der Waals surface area (Å²) in [5.41, 5.74) is 1.95. The first-order valence-electron chi connectivity index (χ1n) is 10.5. The van der Waals surface area contributed by atoms with Crippen LogP contribution >= 0.6 is 0 Å². The van der Waals surface area contributed by atoms with Crippen molar-refractivity contribution >= 4 is 16.7 Å². The van der Waals surface area contributed by atoms with E-state index in [4.69, 9.17) is 0 Å². The Morgan fingerprint density at radius 2 is 1.66 bits per heavy atom. The number of benzene rings is 2. The number of carbonyl (C=O) groups is 1. The molecule has 0 unspecified atom stereocenters. The second kappa shape index (κ2) is 9.03. The minimum Gasteiger partial charge on any atom is -0.354 e. The molecule has 0 spiro atoms. The van der Waals surface area contributed by atoms with E-state index >= 15 is 0 Å². The van der Waals surface area contributed by atoms with Gasteiger partial charge >= 0.3 is 0 Å². The van der Waals surface area contributed by atoms with Gasteiger partial charge in [-0.05, 0) is 30.9 Å². The van der Waals surface area contributed by atoms with Crippen LogP contribution in [0.25, 0.3) is 10.8 Å². The number of hydrogen-bond donors (Lipinski definition) is 1. The third-order valence-corrected chi connectivity index (χ3v) is 5.76. The first-order chi connectivity index (χ1) is 14.2. The Bertz CT molecular complexity index is 1040. The first kappa shape index (κ1) is 19.4. The number of nitrogens with zero attached hydrogens (tertiary/aromatic N) is 2. The van der Waals surface area contributed by atoms with Crippen LogP contribution in [0.15, 0.2) is 59.4 Å². The third-order valence-electron chi connectivity index (χ3n) is 5.76. The van der Waals surface area contributed by atoms with E-state index in [2.05, 4.69) is 10.4 Å². The van der Waals surface area contributed by atoms with Gasteiger partial charge in [0.15, 0.2) is 0 Å². The van der Waals surface area contributed by atoms with E-state index in [1.165, 1.54) is 29.5 Å². The highest BCUT2D eigenvalue weighted by atomic mass is 16.2. The summed E-state index contributed by atoms with van der Waals surface area (Å²) in [6.45, 7) is 0.499. The summed E-state index contributed by atoms with van der Waals surface area (Å²) in [5.74, 6) is 0.182. The van der Waals surface area contributed by atoms with Gasteiger partial charge in [-0.1, -0.05) is 67.8 Å². The van der Waals surface area contributed by atoms with Crippen LogP contribution in [-0.4, -0.2) is 22.2 Å². The SMILES string of the molecule is O=C(Cn1nc(C2CCCCC2)c2ccccc2c1=O)NCCc1ccccc1. The number of nitrogens with one attached hydrogen (secondary N) is 1. The van der Waals surface area contributed by atoms with E-state index < -0.39 is 0 Å². The molecule has 0 atom stereocenters. The van der Waals surface area contributed by atoms with Crippen molar-refractivity contribution in [1.29, 1.82) is 0 Å². The quantitative estimate of drug-likeness (QED) is 0.697. The summed E-state index contributed by atoms with van der Waals surface area (Å²) in [7, 11) is 0. The van der Waals surface area contributed by atoms with Gasteiger partial charge in [0.2, 0.25) is 5.91 Å². The molecule has 5 nitrogen and oxygen atoms in total. The molecule has 1 amide bonds. The van der Waals surface area contributed by atoms with E-state index in [-0.39, 0.29) is 18.0 Å². The summed E-state index contributed by atoms with van der Waals surface area (Å²) >= 11 is 0. The highest BCUT2D eigenvalue weighted by molar-refractivity contribution is 5.84. The predicted molar refractivity (Wildman–Crippen MR) is 115 cm³/mol. The molecule has 0 saturated heterocycles. The minimum atomic E-state index is -0.196. The molecule has 1 heterocycles. The molecule has 4 rings (SSSR count). The fourth-order valence-corrected chi connectivity index (χ4v) is 4.23. The van der Waals surface area contributed by atoms with Crippen molar-refractivity contribution in [3.05, 3.63) is 76.2 Å². The maximum Gasteiger partial charge on any atom is 0.275 e. The van der Waals surface area contributed by atoms with E-state index in [0.717, 1.165) is 30.3 Å². The molecule has 1 aromatic heterocycles. The van der Waals surface area contributed by atoms with Gasteiger partial charge < -0.3 is 5.32 Å². The Morgan fingerprint density at radius 1 is 0.966 bits per heavy atom. The smallest absolute Gasteiger partial charge is 0.275 e. The Labute approximate surface area is 170 Å². The standard InChI is InChI=1S/C24H27N3O2/c28-22(25-16-15-18-9-3-1-4-10-18)17-27-24(29)21-14-8-7-13-20(21)23(26-27)19-11-5-2-6-12-19/h1,3-4,7-10,13-14,19H,2,5-6,11-12,15-17H2,(H,25,28). The van der Waals surface area contributed by atoms with Crippen molar-refractivity contribution in [1.82, 2.24) is 15.1 Å². The second-order valence-corrected chi connectivity index (χ2v) is 7.81. The first-order valence-corrected chi connectivity index (χ1v) is 10.5. The van der Waals surface area contributed by atoms with Gasteiger partial charge in [-0.25, -0.2) is 4.68 Å². The van der Waals surface area contributed by atoms with Crippen LogP contribution in [0.5, 0.6) is 0 Å².